The Labute approximate surface area is 112 Å². The van der Waals surface area contributed by atoms with Gasteiger partial charge >= 0.3 is 16.0 Å². The molecule has 0 aromatic rings. The van der Waals surface area contributed by atoms with E-state index in [0.717, 1.165) is 25.0 Å². The second-order valence-corrected chi connectivity index (χ2v) is 6.49. The fourth-order valence-electron chi connectivity index (χ4n) is 1.50. The van der Waals surface area contributed by atoms with E-state index in [4.69, 9.17) is 8.85 Å². The zero-order chi connectivity index (χ0) is 12.9. The van der Waals surface area contributed by atoms with E-state index in [0.29, 0.717) is 0 Å². The molecular formula is C12H26O3SSi. The average molecular weight is 278 g/mol. The Kier molecular flexibility index (Phi) is 12.5. The molecule has 0 aliphatic rings. The molecule has 5 heteroatoms. The van der Waals surface area contributed by atoms with E-state index < -0.39 is 10.0 Å². The molecular weight excluding hydrogens is 252 g/mol. The number of hydrogen-bond donors (Lipinski definition) is 0. The van der Waals surface area contributed by atoms with E-state index in [-0.39, 0.29) is 11.2 Å². The lowest BCUT2D eigenvalue weighted by molar-refractivity contribution is -0.134. The Balaban J connectivity index is 3.89. The van der Waals surface area contributed by atoms with Crippen LogP contribution in [-0.2, 0) is 13.6 Å². The van der Waals surface area contributed by atoms with Gasteiger partial charge in [0.25, 0.3) is 0 Å². The highest BCUT2D eigenvalue weighted by atomic mass is 32.2. The molecule has 102 valence electrons. The lowest BCUT2D eigenvalue weighted by Gasteiger charge is -2.15. The Morgan fingerprint density at radius 3 is 2.59 bits per heavy atom. The normalized spacial score (nSPS) is 13.1. The molecule has 0 saturated heterocycles. The van der Waals surface area contributed by atoms with Gasteiger partial charge in [-0.05, 0) is 18.6 Å². The van der Waals surface area contributed by atoms with Gasteiger partial charge in [0.2, 0.25) is 0 Å². The van der Waals surface area contributed by atoms with Crippen LogP contribution in [0, 0.1) is 0 Å². The summed E-state index contributed by atoms with van der Waals surface area (Å²) in [6.07, 6.45) is 6.88. The van der Waals surface area contributed by atoms with Crippen LogP contribution in [0.3, 0.4) is 0 Å². The van der Waals surface area contributed by atoms with Gasteiger partial charge < -0.3 is 8.85 Å². The van der Waals surface area contributed by atoms with E-state index in [1.54, 1.807) is 18.9 Å². The molecule has 0 bridgehead atoms. The first kappa shape index (κ1) is 17.0. The molecule has 1 atom stereocenters. The highest BCUT2D eigenvalue weighted by Gasteiger charge is 2.19. The summed E-state index contributed by atoms with van der Waals surface area (Å²) in [7, 11) is 0.505. The van der Waals surface area contributed by atoms with E-state index >= 15 is 0 Å². The predicted octanol–water partition coefficient (Wildman–Crippen LogP) is 2.66. The molecule has 0 heterocycles. The fourth-order valence-corrected chi connectivity index (χ4v) is 3.11. The van der Waals surface area contributed by atoms with Crippen LogP contribution in [0.2, 0.25) is 0 Å². The Morgan fingerprint density at radius 1 is 1.24 bits per heavy atom. The van der Waals surface area contributed by atoms with Crippen LogP contribution in [0.4, 0.5) is 0 Å². The molecule has 0 aromatic carbocycles. The SMILES string of the molecule is CCCCCCC(SCCC)C(=O)O[SiH2]OC. The zero-order valence-electron chi connectivity index (χ0n) is 11.4. The van der Waals surface area contributed by atoms with Crippen molar-refractivity contribution in [2.24, 2.45) is 0 Å². The second-order valence-electron chi connectivity index (χ2n) is 4.08. The molecule has 17 heavy (non-hydrogen) atoms. The van der Waals surface area contributed by atoms with Crippen molar-refractivity contribution < 1.29 is 13.6 Å². The first-order chi connectivity index (χ1) is 8.26. The Bertz CT molecular complexity index is 191. The summed E-state index contributed by atoms with van der Waals surface area (Å²) in [5, 5.41) is 0.0226. The average Bonchev–Trinajstić information content (AvgIpc) is 2.35. The van der Waals surface area contributed by atoms with Crippen molar-refractivity contribution in [2.45, 2.75) is 57.6 Å². The van der Waals surface area contributed by atoms with Gasteiger partial charge in [0.15, 0.2) is 0 Å². The van der Waals surface area contributed by atoms with Gasteiger partial charge in [-0.2, -0.15) is 0 Å². The maximum atomic E-state index is 11.8. The van der Waals surface area contributed by atoms with Crippen LogP contribution < -0.4 is 0 Å². The van der Waals surface area contributed by atoms with Crippen molar-refractivity contribution in [2.75, 3.05) is 12.9 Å². The predicted molar refractivity (Wildman–Crippen MR) is 76.9 cm³/mol. The van der Waals surface area contributed by atoms with Crippen molar-refractivity contribution in [3.63, 3.8) is 0 Å². The highest BCUT2D eigenvalue weighted by molar-refractivity contribution is 8.00. The molecule has 0 aromatic heterocycles. The summed E-state index contributed by atoms with van der Waals surface area (Å²) < 4.78 is 10.1. The summed E-state index contributed by atoms with van der Waals surface area (Å²) in [5.74, 6) is 0.968. The largest absolute Gasteiger partial charge is 0.498 e. The van der Waals surface area contributed by atoms with Gasteiger partial charge in [0, 0.05) is 7.11 Å². The molecule has 3 nitrogen and oxygen atoms in total. The highest BCUT2D eigenvalue weighted by Crippen LogP contribution is 2.20. The molecule has 0 amide bonds. The molecule has 0 fully saturated rings. The summed E-state index contributed by atoms with van der Waals surface area (Å²) in [4.78, 5) is 11.8. The first-order valence-electron chi connectivity index (χ1n) is 6.53. The number of rotatable bonds is 11. The minimum Gasteiger partial charge on any atom is -0.498 e. The summed E-state index contributed by atoms with van der Waals surface area (Å²) >= 11 is 1.73. The van der Waals surface area contributed by atoms with Gasteiger partial charge in [-0.3, -0.25) is 4.79 Å². The zero-order valence-corrected chi connectivity index (χ0v) is 13.6. The van der Waals surface area contributed by atoms with Gasteiger partial charge in [-0.25, -0.2) is 0 Å². The summed E-state index contributed by atoms with van der Waals surface area (Å²) in [5.41, 5.74) is 0. The Morgan fingerprint density at radius 2 is 2.00 bits per heavy atom. The number of carbonyl (C=O) groups is 1. The van der Waals surface area contributed by atoms with Gasteiger partial charge in [0.1, 0.15) is 5.25 Å². The van der Waals surface area contributed by atoms with E-state index in [2.05, 4.69) is 13.8 Å². The molecule has 0 spiro atoms. The molecule has 1 unspecified atom stereocenters. The lowest BCUT2D eigenvalue weighted by atomic mass is 10.1. The van der Waals surface area contributed by atoms with Crippen molar-refractivity contribution in [1.29, 1.82) is 0 Å². The topological polar surface area (TPSA) is 35.5 Å². The van der Waals surface area contributed by atoms with Crippen molar-refractivity contribution in [3.8, 4) is 0 Å². The third-order valence-corrected chi connectivity index (χ3v) is 4.54. The van der Waals surface area contributed by atoms with Crippen molar-refractivity contribution in [1.82, 2.24) is 0 Å². The quantitative estimate of drug-likeness (QED) is 0.430. The summed E-state index contributed by atoms with van der Waals surface area (Å²) in [6.45, 7) is 4.33. The first-order valence-corrected chi connectivity index (χ1v) is 8.73. The standard InChI is InChI=1S/C12H26O3SSi/c1-4-6-7-8-9-11(16-10-5-2)12(13)15-17-14-3/h11H,4-10,17H2,1-3H3. The summed E-state index contributed by atoms with van der Waals surface area (Å²) in [6, 6.07) is 0. The van der Waals surface area contributed by atoms with E-state index in [1.165, 1.54) is 19.3 Å². The molecule has 0 radical (unpaired) electrons. The third kappa shape index (κ3) is 9.68. The Hall–Kier alpha value is -0.00312. The van der Waals surface area contributed by atoms with E-state index in [1.807, 2.05) is 0 Å². The number of unbranched alkanes of at least 4 members (excludes halogenated alkanes) is 3. The van der Waals surface area contributed by atoms with E-state index in [9.17, 15) is 4.79 Å². The van der Waals surface area contributed by atoms with Gasteiger partial charge in [0.05, 0.1) is 0 Å². The fraction of sp³-hybridized carbons (Fsp3) is 0.917. The molecule has 0 rings (SSSR count). The molecule has 0 N–H and O–H groups in total. The van der Waals surface area contributed by atoms with Gasteiger partial charge in [-0.15, -0.1) is 11.8 Å². The van der Waals surface area contributed by atoms with Crippen LogP contribution >= 0.6 is 11.8 Å². The third-order valence-electron chi connectivity index (χ3n) is 2.42. The lowest BCUT2D eigenvalue weighted by Crippen LogP contribution is -2.23. The van der Waals surface area contributed by atoms with Crippen molar-refractivity contribution in [3.05, 3.63) is 0 Å². The number of thioether (sulfide) groups is 1. The van der Waals surface area contributed by atoms with Crippen LogP contribution in [0.15, 0.2) is 0 Å². The maximum Gasteiger partial charge on any atom is 0.368 e. The molecule has 0 aliphatic heterocycles. The van der Waals surface area contributed by atoms with Crippen LogP contribution in [0.5, 0.6) is 0 Å². The molecule has 0 aliphatic carbocycles. The second kappa shape index (κ2) is 12.5. The van der Waals surface area contributed by atoms with Gasteiger partial charge in [-0.1, -0.05) is 39.5 Å². The smallest absolute Gasteiger partial charge is 0.368 e. The van der Waals surface area contributed by atoms with Crippen LogP contribution in [-0.4, -0.2) is 34.1 Å². The minimum absolute atomic E-state index is 0.0226. The maximum absolute atomic E-state index is 11.8. The van der Waals surface area contributed by atoms with Crippen molar-refractivity contribution >= 4 is 27.7 Å². The molecule has 0 saturated carbocycles. The monoisotopic (exact) mass is 278 g/mol. The van der Waals surface area contributed by atoms with Crippen LogP contribution in [0.25, 0.3) is 0 Å². The number of hydrogen-bond acceptors (Lipinski definition) is 4. The number of carbonyl (C=O) groups excluding carboxylic acids is 1. The van der Waals surface area contributed by atoms with Crippen LogP contribution in [0.1, 0.15) is 52.4 Å². The minimum atomic E-state index is -1.09.